The number of hydrogen-bond donors (Lipinski definition) is 4. The highest BCUT2D eigenvalue weighted by atomic mass is 16.5. The van der Waals surface area contributed by atoms with Gasteiger partial charge < -0.3 is 30.7 Å². The monoisotopic (exact) mass is 478 g/mol. The van der Waals surface area contributed by atoms with Crippen molar-refractivity contribution >= 4 is 39.7 Å². The lowest BCUT2D eigenvalue weighted by atomic mass is 9.59. The molecule has 0 spiro atoms. The predicted molar refractivity (Wildman–Crippen MR) is 128 cm³/mol. The topological polar surface area (TPSA) is 150 Å². The molecule has 1 fully saturated rings. The van der Waals surface area contributed by atoms with E-state index in [1.807, 2.05) is 43.3 Å². The van der Waals surface area contributed by atoms with Crippen molar-refractivity contribution in [3.05, 3.63) is 52.3 Å². The number of methoxy groups -OCH3 is 1. The number of carbonyl (C=O) groups is 3. The van der Waals surface area contributed by atoms with Crippen LogP contribution in [0, 0.1) is 11.8 Å². The number of amides is 1. The average molecular weight is 479 g/mol. The first-order valence-electron chi connectivity index (χ1n) is 11.3. The Hall–Kier alpha value is -3.85. The number of ether oxygens (including phenoxy) is 1. The summed E-state index contributed by atoms with van der Waals surface area (Å²) in [5.74, 6) is -5.34. The minimum atomic E-state index is -2.52. The molecule has 2 aromatic carbocycles. The SMILES string of the molecule is COc1c2c(c(N(C)C)c3ccccc13)CC1C[C@H]3CC(=O)C(C(N)=O)=C(O)[C@@]3(O)C(=O)C1=C2O. The summed E-state index contributed by atoms with van der Waals surface area (Å²) in [4.78, 5) is 40.0. The van der Waals surface area contributed by atoms with E-state index >= 15 is 0 Å². The first-order valence-corrected chi connectivity index (χ1v) is 11.3. The number of fused-ring (bicyclic) bond motifs is 4. The quantitative estimate of drug-likeness (QED) is 0.489. The summed E-state index contributed by atoms with van der Waals surface area (Å²) in [5.41, 5.74) is 3.90. The number of nitrogens with zero attached hydrogens (tertiary/aromatic N) is 1. The predicted octanol–water partition coefficient (Wildman–Crippen LogP) is 1.95. The largest absolute Gasteiger partial charge is 0.508 e. The molecule has 3 aliphatic carbocycles. The number of aliphatic hydroxyl groups excluding tert-OH is 2. The van der Waals surface area contributed by atoms with E-state index in [1.165, 1.54) is 7.11 Å². The molecular formula is C26H26N2O7. The molecule has 1 amide bonds. The number of nitrogens with two attached hydrogens (primary N) is 1. The molecule has 0 radical (unpaired) electrons. The smallest absolute Gasteiger partial charge is 0.255 e. The Morgan fingerprint density at radius 3 is 2.40 bits per heavy atom. The van der Waals surface area contributed by atoms with Crippen molar-refractivity contribution in [2.24, 2.45) is 17.6 Å². The van der Waals surface area contributed by atoms with Gasteiger partial charge in [0.25, 0.3) is 5.91 Å². The number of aliphatic hydroxyl groups is 3. The van der Waals surface area contributed by atoms with Crippen molar-refractivity contribution in [3.8, 4) is 5.75 Å². The third-order valence-electron chi connectivity index (χ3n) is 7.55. The molecule has 1 saturated carbocycles. The van der Waals surface area contributed by atoms with Crippen LogP contribution in [-0.2, 0) is 20.8 Å². The highest BCUT2D eigenvalue weighted by molar-refractivity contribution is 6.23. The van der Waals surface area contributed by atoms with Gasteiger partial charge in [-0.15, -0.1) is 0 Å². The van der Waals surface area contributed by atoms with Crippen molar-refractivity contribution in [3.63, 3.8) is 0 Å². The second-order valence-corrected chi connectivity index (χ2v) is 9.58. The normalized spacial score (nSPS) is 25.8. The third kappa shape index (κ3) is 2.88. The maximum Gasteiger partial charge on any atom is 0.255 e. The van der Waals surface area contributed by atoms with Gasteiger partial charge in [0.15, 0.2) is 11.4 Å². The molecule has 0 saturated heterocycles. The van der Waals surface area contributed by atoms with Crippen LogP contribution in [0.25, 0.3) is 16.5 Å². The van der Waals surface area contributed by atoms with Crippen molar-refractivity contribution in [2.45, 2.75) is 24.9 Å². The van der Waals surface area contributed by atoms with E-state index in [9.17, 15) is 29.7 Å². The van der Waals surface area contributed by atoms with Gasteiger partial charge >= 0.3 is 0 Å². The van der Waals surface area contributed by atoms with Gasteiger partial charge in [-0.05, 0) is 24.3 Å². The summed E-state index contributed by atoms with van der Waals surface area (Å²) in [7, 11) is 5.27. The van der Waals surface area contributed by atoms with Crippen LogP contribution < -0.4 is 15.4 Å². The summed E-state index contributed by atoms with van der Waals surface area (Å²) >= 11 is 0. The van der Waals surface area contributed by atoms with Gasteiger partial charge in [-0.25, -0.2) is 0 Å². The summed E-state index contributed by atoms with van der Waals surface area (Å²) in [5, 5.41) is 35.3. The van der Waals surface area contributed by atoms with E-state index < -0.39 is 46.2 Å². The molecule has 9 heteroatoms. The molecule has 0 bridgehead atoms. The second-order valence-electron chi connectivity index (χ2n) is 9.58. The highest BCUT2D eigenvalue weighted by Gasteiger charge is 2.60. The number of Topliss-reactive ketones (excluding diaryl/α,β-unsaturated/α-hetero) is 2. The molecule has 35 heavy (non-hydrogen) atoms. The first-order chi connectivity index (χ1) is 16.5. The van der Waals surface area contributed by atoms with Crippen molar-refractivity contribution in [2.75, 3.05) is 26.1 Å². The molecule has 9 nitrogen and oxygen atoms in total. The zero-order chi connectivity index (χ0) is 25.4. The highest BCUT2D eigenvalue weighted by Crippen LogP contribution is 2.54. The van der Waals surface area contributed by atoms with Gasteiger partial charge in [0.05, 0.1) is 12.7 Å². The Kier molecular flexibility index (Phi) is 4.96. The standard InChI is InChI=1S/C26H26N2O7/c1-28(2)20-13-6-4-5-7-14(13)22(35-3)18-15(20)9-11-8-12-10-16(29)19(25(27)33)24(32)26(12,34)23(31)17(11)21(18)30/h4-7,11-12,30,32,34H,8-10H2,1-3H3,(H2,27,33)/t11?,12-,26-/m0/s1. The van der Waals surface area contributed by atoms with Crippen LogP contribution in [0.1, 0.15) is 24.0 Å². The Morgan fingerprint density at radius 1 is 1.14 bits per heavy atom. The summed E-state index contributed by atoms with van der Waals surface area (Å²) in [6, 6.07) is 7.58. The van der Waals surface area contributed by atoms with E-state index in [-0.39, 0.29) is 24.2 Å². The fourth-order valence-electron chi connectivity index (χ4n) is 6.12. The van der Waals surface area contributed by atoms with Crippen LogP contribution in [0.15, 0.2) is 41.2 Å². The summed E-state index contributed by atoms with van der Waals surface area (Å²) in [6.45, 7) is 0. The molecule has 0 heterocycles. The van der Waals surface area contributed by atoms with Crippen LogP contribution in [0.5, 0.6) is 5.75 Å². The molecule has 3 aliphatic rings. The van der Waals surface area contributed by atoms with E-state index in [0.29, 0.717) is 17.7 Å². The number of hydrogen-bond acceptors (Lipinski definition) is 8. The van der Waals surface area contributed by atoms with Gasteiger partial charge in [-0.2, -0.15) is 0 Å². The third-order valence-corrected chi connectivity index (χ3v) is 7.55. The van der Waals surface area contributed by atoms with E-state index in [1.54, 1.807) is 0 Å². The van der Waals surface area contributed by atoms with Crippen LogP contribution in [0.4, 0.5) is 5.69 Å². The lowest BCUT2D eigenvalue weighted by Gasteiger charge is -2.46. The van der Waals surface area contributed by atoms with Crippen molar-refractivity contribution < 1.29 is 34.4 Å². The Bertz CT molecular complexity index is 1400. The molecule has 182 valence electrons. The van der Waals surface area contributed by atoms with Crippen LogP contribution in [0.2, 0.25) is 0 Å². The minimum absolute atomic E-state index is 0.0562. The molecule has 5 N–H and O–H groups in total. The van der Waals surface area contributed by atoms with E-state index in [4.69, 9.17) is 10.5 Å². The lowest BCUT2D eigenvalue weighted by Crippen LogP contribution is -2.58. The summed E-state index contributed by atoms with van der Waals surface area (Å²) < 4.78 is 5.71. The Morgan fingerprint density at radius 2 is 1.80 bits per heavy atom. The van der Waals surface area contributed by atoms with Crippen molar-refractivity contribution in [1.29, 1.82) is 0 Å². The maximum atomic E-state index is 13.7. The second kappa shape index (κ2) is 7.58. The van der Waals surface area contributed by atoms with Gasteiger partial charge in [0.1, 0.15) is 22.8 Å². The molecular weight excluding hydrogens is 452 g/mol. The molecule has 0 aliphatic heterocycles. The van der Waals surface area contributed by atoms with Crippen LogP contribution in [0.3, 0.4) is 0 Å². The van der Waals surface area contributed by atoms with Gasteiger partial charge in [-0.3, -0.25) is 14.4 Å². The molecule has 2 aromatic rings. The number of rotatable bonds is 3. The minimum Gasteiger partial charge on any atom is -0.508 e. The average Bonchev–Trinajstić information content (AvgIpc) is 2.79. The van der Waals surface area contributed by atoms with Crippen LogP contribution >= 0.6 is 0 Å². The molecule has 3 atom stereocenters. The number of ketones is 2. The summed E-state index contributed by atoms with van der Waals surface area (Å²) in [6.07, 6.45) is 0.178. The molecule has 0 aromatic heterocycles. The Balaban J connectivity index is 1.81. The fourth-order valence-corrected chi connectivity index (χ4v) is 6.12. The van der Waals surface area contributed by atoms with Crippen molar-refractivity contribution in [1.82, 2.24) is 0 Å². The van der Waals surface area contributed by atoms with E-state index in [2.05, 4.69) is 0 Å². The Labute approximate surface area is 201 Å². The lowest BCUT2D eigenvalue weighted by molar-refractivity contribution is -0.147. The maximum absolute atomic E-state index is 13.7. The first kappa shape index (κ1) is 22.9. The van der Waals surface area contributed by atoms with Crippen LogP contribution in [-0.4, -0.2) is 59.6 Å². The number of benzene rings is 2. The van der Waals surface area contributed by atoms with Gasteiger partial charge in [0.2, 0.25) is 5.78 Å². The number of carbonyl (C=O) groups excluding carboxylic acids is 3. The molecule has 1 unspecified atom stereocenters. The van der Waals surface area contributed by atoms with Gasteiger partial charge in [0, 0.05) is 48.5 Å². The number of anilines is 1. The zero-order valence-corrected chi connectivity index (χ0v) is 19.6. The number of primary amides is 1. The van der Waals surface area contributed by atoms with E-state index in [0.717, 1.165) is 22.0 Å². The fraction of sp³-hybridized carbons (Fsp3) is 0.346. The zero-order valence-electron chi connectivity index (χ0n) is 19.6. The van der Waals surface area contributed by atoms with Gasteiger partial charge in [-0.1, -0.05) is 24.3 Å². The molecule has 5 rings (SSSR count).